The van der Waals surface area contributed by atoms with Crippen molar-refractivity contribution in [1.29, 1.82) is 0 Å². The lowest BCUT2D eigenvalue weighted by Crippen LogP contribution is -2.34. The van der Waals surface area contributed by atoms with E-state index in [0.717, 1.165) is 5.69 Å². The molecule has 3 aromatic heterocycles. The molecule has 0 atom stereocenters. The molecule has 0 fully saturated rings. The van der Waals surface area contributed by atoms with Gasteiger partial charge in [0.05, 0.1) is 16.6 Å². The van der Waals surface area contributed by atoms with Crippen molar-refractivity contribution < 1.29 is 4.79 Å². The first-order valence-electron chi connectivity index (χ1n) is 8.46. The molecule has 0 aliphatic heterocycles. The van der Waals surface area contributed by atoms with Crippen LogP contribution in [0, 0.1) is 0 Å². The summed E-state index contributed by atoms with van der Waals surface area (Å²) in [5, 5.41) is 2.41. The lowest BCUT2D eigenvalue weighted by Gasteiger charge is -2.14. The summed E-state index contributed by atoms with van der Waals surface area (Å²) in [4.78, 5) is 30.3. The molecule has 0 aliphatic rings. The number of fused-ring (bicyclic) bond motifs is 1. The highest BCUT2D eigenvalue weighted by molar-refractivity contribution is 7.12. The van der Waals surface area contributed by atoms with E-state index in [9.17, 15) is 9.59 Å². The number of benzene rings is 1. The van der Waals surface area contributed by atoms with Crippen LogP contribution in [0.3, 0.4) is 0 Å². The molecule has 0 spiro atoms. The summed E-state index contributed by atoms with van der Waals surface area (Å²) in [7, 11) is 0. The lowest BCUT2D eigenvalue weighted by atomic mass is 10.2. The van der Waals surface area contributed by atoms with E-state index in [2.05, 4.69) is 15.8 Å². The number of anilines is 1. The first-order chi connectivity index (χ1) is 13.2. The van der Waals surface area contributed by atoms with E-state index in [0.29, 0.717) is 28.3 Å². The first kappa shape index (κ1) is 17.0. The molecule has 3 heterocycles. The van der Waals surface area contributed by atoms with Gasteiger partial charge in [0.1, 0.15) is 4.88 Å². The number of thiophene rings is 1. The number of nitrogens with one attached hydrogen (secondary N) is 2. The number of carbonyl (C=O) groups excluding carboxylic acids is 1. The van der Waals surface area contributed by atoms with Crippen LogP contribution in [0.4, 0.5) is 5.95 Å². The third kappa shape index (κ3) is 3.11. The van der Waals surface area contributed by atoms with Gasteiger partial charge < -0.3 is 4.57 Å². The van der Waals surface area contributed by atoms with E-state index >= 15 is 0 Å². The Hall–Kier alpha value is -3.39. The van der Waals surface area contributed by atoms with E-state index in [-0.39, 0.29) is 11.5 Å². The van der Waals surface area contributed by atoms with Gasteiger partial charge in [0.25, 0.3) is 11.5 Å². The summed E-state index contributed by atoms with van der Waals surface area (Å²) in [5.74, 6) is 0.00683. The molecule has 1 aromatic carbocycles. The Bertz CT molecular complexity index is 1160. The van der Waals surface area contributed by atoms with Crippen LogP contribution in [-0.4, -0.2) is 20.0 Å². The second-order valence-corrected chi connectivity index (χ2v) is 6.72. The van der Waals surface area contributed by atoms with E-state index < -0.39 is 0 Å². The largest absolute Gasteiger partial charge is 0.322 e. The molecule has 0 saturated heterocycles. The molecular weight excluding hydrogens is 362 g/mol. The number of nitrogens with zero attached hydrogens (tertiary/aromatic N) is 3. The minimum absolute atomic E-state index is 0.149. The lowest BCUT2D eigenvalue weighted by molar-refractivity contribution is 0.0966. The molecule has 27 heavy (non-hydrogen) atoms. The minimum atomic E-state index is -0.293. The standard InChI is InChI=1S/C19H17N5O2S/c1-2-24-18(26)13-7-3-4-8-14(13)20-19(24)22-21-17(25)16-15(9-12-27-16)23-10-5-6-11-23/h3-12H,2H2,1H3,(H,20,22)(H,21,25). The monoisotopic (exact) mass is 379 g/mol. The van der Waals surface area contributed by atoms with Crippen LogP contribution in [0.15, 0.2) is 65.0 Å². The second kappa shape index (κ2) is 7.08. The van der Waals surface area contributed by atoms with E-state index in [1.165, 1.54) is 15.9 Å². The number of aromatic nitrogens is 3. The summed E-state index contributed by atoms with van der Waals surface area (Å²) in [6.45, 7) is 2.29. The van der Waals surface area contributed by atoms with Gasteiger partial charge in [0.2, 0.25) is 5.95 Å². The zero-order chi connectivity index (χ0) is 18.8. The van der Waals surface area contributed by atoms with Crippen LogP contribution in [0.2, 0.25) is 0 Å². The third-order valence-corrected chi connectivity index (χ3v) is 5.10. The highest BCUT2D eigenvalue weighted by Crippen LogP contribution is 2.21. The van der Waals surface area contributed by atoms with Gasteiger partial charge in [0, 0.05) is 18.9 Å². The zero-order valence-corrected chi connectivity index (χ0v) is 15.4. The molecule has 1 amide bonds. The molecular formula is C19H17N5O2S. The average molecular weight is 379 g/mol. The van der Waals surface area contributed by atoms with Gasteiger partial charge in [0.15, 0.2) is 0 Å². The van der Waals surface area contributed by atoms with Crippen molar-refractivity contribution in [3.05, 3.63) is 75.5 Å². The molecule has 7 nitrogen and oxygen atoms in total. The maximum Gasteiger partial charge on any atom is 0.281 e. The van der Waals surface area contributed by atoms with Crippen LogP contribution in [0.25, 0.3) is 16.6 Å². The Morgan fingerprint density at radius 1 is 1.15 bits per heavy atom. The summed E-state index contributed by atoms with van der Waals surface area (Å²) in [6.07, 6.45) is 3.76. The number of hydrazine groups is 1. The quantitative estimate of drug-likeness (QED) is 0.522. The van der Waals surface area contributed by atoms with E-state index in [4.69, 9.17) is 0 Å². The highest BCUT2D eigenvalue weighted by Gasteiger charge is 2.15. The zero-order valence-electron chi connectivity index (χ0n) is 14.5. The number of carbonyl (C=O) groups is 1. The van der Waals surface area contributed by atoms with Gasteiger partial charge >= 0.3 is 0 Å². The van der Waals surface area contributed by atoms with Crippen LogP contribution in [-0.2, 0) is 6.54 Å². The van der Waals surface area contributed by atoms with Gasteiger partial charge in [-0.3, -0.25) is 25.0 Å². The fourth-order valence-electron chi connectivity index (χ4n) is 2.90. The van der Waals surface area contributed by atoms with Gasteiger partial charge in [-0.2, -0.15) is 0 Å². The average Bonchev–Trinajstić information content (AvgIpc) is 3.37. The third-order valence-electron chi connectivity index (χ3n) is 4.20. The molecule has 4 rings (SSSR count). The summed E-state index contributed by atoms with van der Waals surface area (Å²) >= 11 is 1.34. The fourth-order valence-corrected chi connectivity index (χ4v) is 3.68. The maximum absolute atomic E-state index is 12.7. The van der Waals surface area contributed by atoms with Gasteiger partial charge in [-0.15, -0.1) is 11.3 Å². The molecule has 2 N–H and O–H groups in total. The minimum Gasteiger partial charge on any atom is -0.322 e. The Morgan fingerprint density at radius 3 is 2.70 bits per heavy atom. The molecule has 8 heteroatoms. The first-order valence-corrected chi connectivity index (χ1v) is 9.33. The van der Waals surface area contributed by atoms with Crippen molar-refractivity contribution >= 4 is 34.1 Å². The number of hydrogen-bond acceptors (Lipinski definition) is 5. The predicted octanol–water partition coefficient (Wildman–Crippen LogP) is 3.03. The summed E-state index contributed by atoms with van der Waals surface area (Å²) < 4.78 is 3.37. The van der Waals surface area contributed by atoms with Gasteiger partial charge in [-0.25, -0.2) is 4.98 Å². The van der Waals surface area contributed by atoms with E-state index in [1.54, 1.807) is 18.2 Å². The number of amides is 1. The molecule has 4 aromatic rings. The molecule has 0 saturated carbocycles. The smallest absolute Gasteiger partial charge is 0.281 e. The van der Waals surface area contributed by atoms with E-state index in [1.807, 2.05) is 53.5 Å². The second-order valence-electron chi connectivity index (χ2n) is 5.81. The number of rotatable bonds is 5. The topological polar surface area (TPSA) is 81.0 Å². The van der Waals surface area contributed by atoms with Gasteiger partial charge in [-0.05, 0) is 42.6 Å². The number of para-hydroxylation sites is 1. The molecule has 0 unspecified atom stereocenters. The van der Waals surface area contributed by atoms with Crippen molar-refractivity contribution in [2.24, 2.45) is 0 Å². The normalized spacial score (nSPS) is 10.9. The van der Waals surface area contributed by atoms with Crippen molar-refractivity contribution in [2.45, 2.75) is 13.5 Å². The Balaban J connectivity index is 1.62. The van der Waals surface area contributed by atoms with Crippen molar-refractivity contribution in [3.8, 4) is 5.69 Å². The van der Waals surface area contributed by atoms with Gasteiger partial charge in [-0.1, -0.05) is 12.1 Å². The SMILES string of the molecule is CCn1c(NNC(=O)c2sccc2-n2cccc2)nc2ccccc2c1=O. The fraction of sp³-hybridized carbons (Fsp3) is 0.105. The Kier molecular flexibility index (Phi) is 4.47. The van der Waals surface area contributed by atoms with Crippen LogP contribution >= 0.6 is 11.3 Å². The maximum atomic E-state index is 12.7. The number of hydrogen-bond donors (Lipinski definition) is 2. The van der Waals surface area contributed by atoms with Crippen molar-refractivity contribution in [2.75, 3.05) is 5.43 Å². The summed E-state index contributed by atoms with van der Waals surface area (Å²) in [5.41, 5.74) is 6.69. The highest BCUT2D eigenvalue weighted by atomic mass is 32.1. The van der Waals surface area contributed by atoms with Crippen LogP contribution in [0.1, 0.15) is 16.6 Å². The van der Waals surface area contributed by atoms with Crippen LogP contribution in [0.5, 0.6) is 0 Å². The Morgan fingerprint density at radius 2 is 1.93 bits per heavy atom. The van der Waals surface area contributed by atoms with Crippen molar-refractivity contribution in [3.63, 3.8) is 0 Å². The molecule has 0 radical (unpaired) electrons. The summed E-state index contributed by atoms with van der Waals surface area (Å²) in [6, 6.07) is 12.8. The molecule has 0 bridgehead atoms. The molecule has 0 aliphatic carbocycles. The van der Waals surface area contributed by atoms with Crippen molar-refractivity contribution in [1.82, 2.24) is 19.5 Å². The molecule has 136 valence electrons. The Labute approximate surface area is 158 Å². The van der Waals surface area contributed by atoms with Crippen LogP contribution < -0.4 is 16.4 Å². The predicted molar refractivity (Wildman–Crippen MR) is 106 cm³/mol.